The van der Waals surface area contributed by atoms with Crippen molar-refractivity contribution in [3.8, 4) is 0 Å². The van der Waals surface area contributed by atoms with Gasteiger partial charge in [-0.3, -0.25) is 5.10 Å². The van der Waals surface area contributed by atoms with Gasteiger partial charge in [-0.25, -0.2) is 14.6 Å². The maximum Gasteiger partial charge on any atom is 0.174 e. The van der Waals surface area contributed by atoms with Crippen molar-refractivity contribution in [2.24, 2.45) is 0 Å². The molecular formula is C12H18N6. The predicted octanol–water partition coefficient (Wildman–Crippen LogP) is 2.05. The molecule has 0 aliphatic heterocycles. The van der Waals surface area contributed by atoms with Gasteiger partial charge in [-0.2, -0.15) is 10.2 Å². The monoisotopic (exact) mass is 246 g/mol. The first kappa shape index (κ1) is 11.4. The fraction of sp³-hybridized carbons (Fsp3) is 0.667. The van der Waals surface area contributed by atoms with Crippen molar-refractivity contribution < 1.29 is 0 Å². The smallest absolute Gasteiger partial charge is 0.174 e. The van der Waals surface area contributed by atoms with Gasteiger partial charge in [0.1, 0.15) is 24.5 Å². The average Bonchev–Trinajstić information content (AvgIpc) is 3.10. The van der Waals surface area contributed by atoms with Gasteiger partial charge in [0.2, 0.25) is 0 Å². The molecule has 1 unspecified atom stereocenters. The molecule has 2 aromatic rings. The first-order valence-electron chi connectivity index (χ1n) is 6.61. The highest BCUT2D eigenvalue weighted by molar-refractivity contribution is 5.02. The van der Waals surface area contributed by atoms with Crippen molar-refractivity contribution in [1.82, 2.24) is 29.9 Å². The van der Waals surface area contributed by atoms with E-state index in [2.05, 4.69) is 25.3 Å². The van der Waals surface area contributed by atoms with Crippen molar-refractivity contribution >= 4 is 0 Å². The standard InChI is InChI=1S/C12H18N6/c1-9(18-8-13-7-14-18)11-15-12(17-16-11)10-5-3-2-4-6-10/h7-10H,2-6H2,1H3,(H,15,16,17). The van der Waals surface area contributed by atoms with E-state index in [0.717, 1.165) is 11.6 Å². The Morgan fingerprint density at radius 2 is 2.17 bits per heavy atom. The van der Waals surface area contributed by atoms with E-state index < -0.39 is 0 Å². The van der Waals surface area contributed by atoms with Crippen LogP contribution in [0.15, 0.2) is 12.7 Å². The van der Waals surface area contributed by atoms with Crippen LogP contribution < -0.4 is 0 Å². The zero-order valence-electron chi connectivity index (χ0n) is 10.6. The molecule has 96 valence electrons. The molecule has 18 heavy (non-hydrogen) atoms. The maximum absolute atomic E-state index is 4.63. The number of aromatic amines is 1. The number of rotatable bonds is 3. The molecule has 0 amide bonds. The molecule has 0 radical (unpaired) electrons. The van der Waals surface area contributed by atoms with Gasteiger partial charge in [-0.05, 0) is 19.8 Å². The van der Waals surface area contributed by atoms with Crippen molar-refractivity contribution in [1.29, 1.82) is 0 Å². The van der Waals surface area contributed by atoms with Gasteiger partial charge in [0.05, 0.1) is 0 Å². The molecule has 1 aliphatic carbocycles. The molecule has 1 N–H and O–H groups in total. The van der Waals surface area contributed by atoms with Gasteiger partial charge in [-0.1, -0.05) is 19.3 Å². The third-order valence-corrected chi connectivity index (χ3v) is 3.72. The largest absolute Gasteiger partial charge is 0.263 e. The zero-order chi connectivity index (χ0) is 12.4. The van der Waals surface area contributed by atoms with Crippen LogP contribution >= 0.6 is 0 Å². The van der Waals surface area contributed by atoms with Gasteiger partial charge in [0.25, 0.3) is 0 Å². The molecule has 0 spiro atoms. The lowest BCUT2D eigenvalue weighted by molar-refractivity contribution is 0.429. The number of nitrogens with one attached hydrogen (secondary N) is 1. The van der Waals surface area contributed by atoms with E-state index in [1.54, 1.807) is 11.0 Å². The molecule has 2 aromatic heterocycles. The predicted molar refractivity (Wildman–Crippen MR) is 66.0 cm³/mol. The molecule has 0 bridgehead atoms. The van der Waals surface area contributed by atoms with E-state index in [-0.39, 0.29) is 6.04 Å². The van der Waals surface area contributed by atoms with Gasteiger partial charge in [0.15, 0.2) is 5.82 Å². The molecule has 1 fully saturated rings. The summed E-state index contributed by atoms with van der Waals surface area (Å²) in [5.74, 6) is 2.39. The summed E-state index contributed by atoms with van der Waals surface area (Å²) in [6, 6.07) is 0.0288. The quantitative estimate of drug-likeness (QED) is 0.899. The second-order valence-corrected chi connectivity index (χ2v) is 4.97. The van der Waals surface area contributed by atoms with Gasteiger partial charge in [0, 0.05) is 5.92 Å². The highest BCUT2D eigenvalue weighted by atomic mass is 15.4. The Balaban J connectivity index is 1.76. The van der Waals surface area contributed by atoms with Crippen LogP contribution in [0.3, 0.4) is 0 Å². The lowest BCUT2D eigenvalue weighted by atomic mass is 9.89. The van der Waals surface area contributed by atoms with Crippen molar-refractivity contribution in [3.05, 3.63) is 24.3 Å². The van der Waals surface area contributed by atoms with Crippen LogP contribution in [0.4, 0.5) is 0 Å². The fourth-order valence-corrected chi connectivity index (χ4v) is 2.57. The second-order valence-electron chi connectivity index (χ2n) is 4.97. The lowest BCUT2D eigenvalue weighted by Gasteiger charge is -2.18. The summed E-state index contributed by atoms with van der Waals surface area (Å²) in [5.41, 5.74) is 0. The summed E-state index contributed by atoms with van der Waals surface area (Å²) in [7, 11) is 0. The van der Waals surface area contributed by atoms with Crippen LogP contribution in [0.25, 0.3) is 0 Å². The summed E-state index contributed by atoms with van der Waals surface area (Å²) in [4.78, 5) is 8.59. The van der Waals surface area contributed by atoms with E-state index >= 15 is 0 Å². The van der Waals surface area contributed by atoms with E-state index in [0.29, 0.717) is 5.92 Å². The van der Waals surface area contributed by atoms with E-state index in [4.69, 9.17) is 0 Å². The van der Waals surface area contributed by atoms with Crippen LogP contribution in [0.5, 0.6) is 0 Å². The summed E-state index contributed by atoms with van der Waals surface area (Å²) >= 11 is 0. The Morgan fingerprint density at radius 1 is 1.33 bits per heavy atom. The molecular weight excluding hydrogens is 228 g/mol. The molecule has 1 aliphatic rings. The number of hydrogen-bond donors (Lipinski definition) is 1. The van der Waals surface area contributed by atoms with Crippen LogP contribution in [-0.2, 0) is 0 Å². The van der Waals surface area contributed by atoms with E-state index in [1.165, 1.54) is 38.4 Å². The van der Waals surface area contributed by atoms with Crippen molar-refractivity contribution in [2.45, 2.75) is 51.0 Å². The molecule has 6 nitrogen and oxygen atoms in total. The normalized spacial score (nSPS) is 18.9. The minimum Gasteiger partial charge on any atom is -0.263 e. The molecule has 1 saturated carbocycles. The summed E-state index contributed by atoms with van der Waals surface area (Å²) in [5, 5.41) is 11.5. The molecule has 0 saturated heterocycles. The van der Waals surface area contributed by atoms with Gasteiger partial charge >= 0.3 is 0 Å². The van der Waals surface area contributed by atoms with Gasteiger partial charge < -0.3 is 0 Å². The Bertz CT molecular complexity index is 482. The van der Waals surface area contributed by atoms with Crippen molar-refractivity contribution in [3.63, 3.8) is 0 Å². The number of aromatic nitrogens is 6. The average molecular weight is 246 g/mol. The highest BCUT2D eigenvalue weighted by Gasteiger charge is 2.21. The Kier molecular flexibility index (Phi) is 3.08. The number of nitrogens with zero attached hydrogens (tertiary/aromatic N) is 5. The minimum absolute atomic E-state index is 0.0288. The second kappa shape index (κ2) is 4.88. The van der Waals surface area contributed by atoms with Gasteiger partial charge in [-0.15, -0.1) is 0 Å². The Hall–Kier alpha value is -1.72. The van der Waals surface area contributed by atoms with Crippen LogP contribution in [0.1, 0.15) is 62.6 Å². The third kappa shape index (κ3) is 2.14. The maximum atomic E-state index is 4.63. The molecule has 0 aromatic carbocycles. The third-order valence-electron chi connectivity index (χ3n) is 3.72. The molecule has 6 heteroatoms. The first-order chi connectivity index (χ1) is 8.84. The number of H-pyrrole nitrogens is 1. The first-order valence-corrected chi connectivity index (χ1v) is 6.61. The van der Waals surface area contributed by atoms with E-state index in [9.17, 15) is 0 Å². The summed E-state index contributed by atoms with van der Waals surface area (Å²) in [6.45, 7) is 2.03. The Labute approximate surface area is 106 Å². The van der Waals surface area contributed by atoms with E-state index in [1.807, 2.05) is 6.92 Å². The van der Waals surface area contributed by atoms with Crippen LogP contribution in [0.2, 0.25) is 0 Å². The highest BCUT2D eigenvalue weighted by Crippen LogP contribution is 2.30. The number of hydrogen-bond acceptors (Lipinski definition) is 4. The SMILES string of the molecule is CC(c1n[nH]c(C2CCCCC2)n1)n1cncn1. The topological polar surface area (TPSA) is 72.3 Å². The molecule has 2 heterocycles. The van der Waals surface area contributed by atoms with Crippen LogP contribution in [0, 0.1) is 0 Å². The minimum atomic E-state index is 0.0288. The fourth-order valence-electron chi connectivity index (χ4n) is 2.57. The zero-order valence-corrected chi connectivity index (χ0v) is 10.6. The van der Waals surface area contributed by atoms with Crippen molar-refractivity contribution in [2.75, 3.05) is 0 Å². The summed E-state index contributed by atoms with van der Waals surface area (Å²) in [6.07, 6.45) is 9.65. The molecule has 1 atom stereocenters. The Morgan fingerprint density at radius 3 is 2.89 bits per heavy atom. The summed E-state index contributed by atoms with van der Waals surface area (Å²) < 4.78 is 1.77. The molecule has 3 rings (SSSR count). The lowest BCUT2D eigenvalue weighted by Crippen LogP contribution is -2.10. The van der Waals surface area contributed by atoms with Crippen LogP contribution in [-0.4, -0.2) is 29.9 Å².